The Balaban J connectivity index is 2.23. The van der Waals surface area contributed by atoms with Crippen LogP contribution >= 0.6 is 0 Å². The molecular weight excluding hydrogens is 246 g/mol. The first-order valence-corrected chi connectivity index (χ1v) is 6.85. The van der Waals surface area contributed by atoms with Crippen LogP contribution in [0.4, 0.5) is 5.69 Å². The lowest BCUT2D eigenvalue weighted by molar-refractivity contribution is 0.102. The standard InChI is InChI=1S/C18H21NO/c1-13-8-5-6-11-16(13)17(20)19-15-10-7-9-14(12-15)18(2,3)4/h5-12H,1-4H3,(H,19,20). The zero-order chi connectivity index (χ0) is 14.8. The Morgan fingerprint density at radius 3 is 2.35 bits per heavy atom. The molecule has 2 heteroatoms. The summed E-state index contributed by atoms with van der Waals surface area (Å²) in [5, 5.41) is 2.97. The molecule has 0 unspecified atom stereocenters. The lowest BCUT2D eigenvalue weighted by Gasteiger charge is -2.20. The van der Waals surface area contributed by atoms with E-state index in [1.807, 2.05) is 49.4 Å². The van der Waals surface area contributed by atoms with Gasteiger partial charge >= 0.3 is 0 Å². The van der Waals surface area contributed by atoms with Crippen LogP contribution in [0.25, 0.3) is 0 Å². The molecule has 0 saturated heterocycles. The quantitative estimate of drug-likeness (QED) is 0.850. The van der Waals surface area contributed by atoms with E-state index in [2.05, 4.69) is 32.2 Å². The lowest BCUT2D eigenvalue weighted by atomic mass is 9.87. The first-order valence-electron chi connectivity index (χ1n) is 6.85. The van der Waals surface area contributed by atoms with Crippen molar-refractivity contribution in [1.29, 1.82) is 0 Å². The summed E-state index contributed by atoms with van der Waals surface area (Å²) in [6.07, 6.45) is 0. The second kappa shape index (κ2) is 5.49. The van der Waals surface area contributed by atoms with Crippen LogP contribution in [0.1, 0.15) is 42.3 Å². The van der Waals surface area contributed by atoms with Crippen molar-refractivity contribution in [1.82, 2.24) is 0 Å². The normalized spacial score (nSPS) is 11.2. The van der Waals surface area contributed by atoms with Crippen molar-refractivity contribution in [2.24, 2.45) is 0 Å². The van der Waals surface area contributed by atoms with Crippen LogP contribution in [-0.4, -0.2) is 5.91 Å². The van der Waals surface area contributed by atoms with E-state index in [4.69, 9.17) is 0 Å². The van der Waals surface area contributed by atoms with Crippen LogP contribution in [0.2, 0.25) is 0 Å². The largest absolute Gasteiger partial charge is 0.322 e. The second-order valence-electron chi connectivity index (χ2n) is 6.10. The molecule has 0 bridgehead atoms. The van der Waals surface area contributed by atoms with Crippen molar-refractivity contribution < 1.29 is 4.79 Å². The molecular formula is C18H21NO. The Bertz CT molecular complexity index is 623. The number of hydrogen-bond acceptors (Lipinski definition) is 1. The summed E-state index contributed by atoms with van der Waals surface area (Å²) in [4.78, 5) is 12.3. The van der Waals surface area contributed by atoms with E-state index in [1.165, 1.54) is 5.56 Å². The van der Waals surface area contributed by atoms with Gasteiger partial charge in [0.15, 0.2) is 0 Å². The number of hydrogen-bond donors (Lipinski definition) is 1. The van der Waals surface area contributed by atoms with Crippen molar-refractivity contribution in [3.05, 3.63) is 65.2 Å². The monoisotopic (exact) mass is 267 g/mol. The van der Waals surface area contributed by atoms with Gasteiger partial charge in [0.25, 0.3) is 5.91 Å². The van der Waals surface area contributed by atoms with Crippen LogP contribution < -0.4 is 5.32 Å². The molecule has 1 N–H and O–H groups in total. The second-order valence-corrected chi connectivity index (χ2v) is 6.10. The summed E-state index contributed by atoms with van der Waals surface area (Å²) < 4.78 is 0. The molecule has 0 aliphatic rings. The van der Waals surface area contributed by atoms with Gasteiger partial charge in [-0.05, 0) is 41.7 Å². The molecule has 0 heterocycles. The molecule has 0 aliphatic carbocycles. The summed E-state index contributed by atoms with van der Waals surface area (Å²) in [6, 6.07) is 15.6. The topological polar surface area (TPSA) is 29.1 Å². The summed E-state index contributed by atoms with van der Waals surface area (Å²) in [5.74, 6) is -0.0610. The molecule has 20 heavy (non-hydrogen) atoms. The number of carbonyl (C=O) groups is 1. The zero-order valence-corrected chi connectivity index (χ0v) is 12.5. The molecule has 0 spiro atoms. The third-order valence-corrected chi connectivity index (χ3v) is 3.38. The average molecular weight is 267 g/mol. The highest BCUT2D eigenvalue weighted by molar-refractivity contribution is 6.05. The summed E-state index contributed by atoms with van der Waals surface area (Å²) in [6.45, 7) is 8.43. The average Bonchev–Trinajstić information content (AvgIpc) is 2.38. The van der Waals surface area contributed by atoms with Gasteiger partial charge in [0.2, 0.25) is 0 Å². The molecule has 104 valence electrons. The number of carbonyl (C=O) groups excluding carboxylic acids is 1. The van der Waals surface area contributed by atoms with E-state index < -0.39 is 0 Å². The number of rotatable bonds is 2. The molecule has 0 atom stereocenters. The van der Waals surface area contributed by atoms with E-state index in [0.717, 1.165) is 11.3 Å². The highest BCUT2D eigenvalue weighted by Gasteiger charge is 2.14. The summed E-state index contributed by atoms with van der Waals surface area (Å²) in [5.41, 5.74) is 3.82. The van der Waals surface area contributed by atoms with Gasteiger partial charge in [0.05, 0.1) is 0 Å². The number of nitrogens with one attached hydrogen (secondary N) is 1. The van der Waals surface area contributed by atoms with E-state index >= 15 is 0 Å². The van der Waals surface area contributed by atoms with E-state index in [1.54, 1.807) is 0 Å². The van der Waals surface area contributed by atoms with Crippen molar-refractivity contribution >= 4 is 11.6 Å². The lowest BCUT2D eigenvalue weighted by Crippen LogP contribution is -2.15. The minimum absolute atomic E-state index is 0.0610. The molecule has 2 nitrogen and oxygen atoms in total. The van der Waals surface area contributed by atoms with Gasteiger partial charge in [-0.2, -0.15) is 0 Å². The smallest absolute Gasteiger partial charge is 0.255 e. The number of anilines is 1. The molecule has 1 amide bonds. The number of amides is 1. The van der Waals surface area contributed by atoms with Crippen molar-refractivity contribution in [2.45, 2.75) is 33.1 Å². The maximum absolute atomic E-state index is 12.3. The molecule has 0 aliphatic heterocycles. The van der Waals surface area contributed by atoms with Crippen molar-refractivity contribution in [3.63, 3.8) is 0 Å². The highest BCUT2D eigenvalue weighted by atomic mass is 16.1. The minimum atomic E-state index is -0.0610. The third kappa shape index (κ3) is 3.27. The van der Waals surface area contributed by atoms with Gasteiger partial charge in [0.1, 0.15) is 0 Å². The van der Waals surface area contributed by atoms with E-state index in [-0.39, 0.29) is 11.3 Å². The molecule has 2 rings (SSSR count). The van der Waals surface area contributed by atoms with Crippen LogP contribution in [0, 0.1) is 6.92 Å². The SMILES string of the molecule is Cc1ccccc1C(=O)Nc1cccc(C(C)(C)C)c1. The predicted molar refractivity (Wildman–Crippen MR) is 84.3 cm³/mol. The fourth-order valence-corrected chi connectivity index (χ4v) is 2.09. The van der Waals surface area contributed by atoms with Crippen molar-refractivity contribution in [2.75, 3.05) is 5.32 Å². The fraction of sp³-hybridized carbons (Fsp3) is 0.278. The Labute approximate surface area is 120 Å². The first kappa shape index (κ1) is 14.3. The summed E-state index contributed by atoms with van der Waals surface area (Å²) in [7, 11) is 0. The van der Waals surface area contributed by atoms with Gasteiger partial charge in [-0.1, -0.05) is 51.1 Å². The maximum atomic E-state index is 12.3. The number of aryl methyl sites for hydroxylation is 1. The summed E-state index contributed by atoms with van der Waals surface area (Å²) >= 11 is 0. The molecule has 2 aromatic rings. The van der Waals surface area contributed by atoms with Crippen LogP contribution in [0.5, 0.6) is 0 Å². The third-order valence-electron chi connectivity index (χ3n) is 3.38. The molecule has 0 saturated carbocycles. The van der Waals surface area contributed by atoms with Gasteiger partial charge in [-0.25, -0.2) is 0 Å². The Hall–Kier alpha value is -2.09. The maximum Gasteiger partial charge on any atom is 0.255 e. The molecule has 0 aromatic heterocycles. The van der Waals surface area contributed by atoms with Crippen LogP contribution in [-0.2, 0) is 5.41 Å². The van der Waals surface area contributed by atoms with Gasteiger partial charge in [-0.3, -0.25) is 4.79 Å². The fourth-order valence-electron chi connectivity index (χ4n) is 2.09. The van der Waals surface area contributed by atoms with E-state index in [9.17, 15) is 4.79 Å². The van der Waals surface area contributed by atoms with Crippen molar-refractivity contribution in [3.8, 4) is 0 Å². The first-order chi connectivity index (χ1) is 9.38. The highest BCUT2D eigenvalue weighted by Crippen LogP contribution is 2.24. The number of benzene rings is 2. The van der Waals surface area contributed by atoms with Crippen LogP contribution in [0.3, 0.4) is 0 Å². The Kier molecular flexibility index (Phi) is 3.93. The Morgan fingerprint density at radius 1 is 1.00 bits per heavy atom. The van der Waals surface area contributed by atoms with Gasteiger partial charge in [0, 0.05) is 11.3 Å². The van der Waals surface area contributed by atoms with Gasteiger partial charge < -0.3 is 5.32 Å². The van der Waals surface area contributed by atoms with E-state index in [0.29, 0.717) is 5.56 Å². The molecule has 2 aromatic carbocycles. The molecule has 0 radical (unpaired) electrons. The predicted octanol–water partition coefficient (Wildman–Crippen LogP) is 4.54. The molecule has 0 fully saturated rings. The Morgan fingerprint density at radius 2 is 1.70 bits per heavy atom. The van der Waals surface area contributed by atoms with Gasteiger partial charge in [-0.15, -0.1) is 0 Å². The van der Waals surface area contributed by atoms with Crippen LogP contribution in [0.15, 0.2) is 48.5 Å². The zero-order valence-electron chi connectivity index (χ0n) is 12.5. The minimum Gasteiger partial charge on any atom is -0.322 e.